The number of anilines is 1. The molecule has 0 aliphatic heterocycles. The Balaban J connectivity index is 1.89. The summed E-state index contributed by atoms with van der Waals surface area (Å²) < 4.78 is 12.4. The molecule has 2 rings (SSSR count). The number of ether oxygens (including phenoxy) is 2. The molecule has 0 amide bonds. The van der Waals surface area contributed by atoms with Crippen LogP contribution < -0.4 is 20.1 Å². The van der Waals surface area contributed by atoms with Crippen LogP contribution >= 0.6 is 12.2 Å². The van der Waals surface area contributed by atoms with E-state index < -0.39 is 0 Å². The molecule has 0 spiro atoms. The highest BCUT2D eigenvalue weighted by Gasteiger charge is 2.10. The van der Waals surface area contributed by atoms with E-state index >= 15 is 0 Å². The molecule has 2 N–H and O–H groups in total. The summed E-state index contributed by atoms with van der Waals surface area (Å²) in [5, 5.41) is 11.4. The van der Waals surface area contributed by atoms with Crippen LogP contribution in [-0.2, 0) is 13.5 Å². The lowest BCUT2D eigenvalue weighted by molar-refractivity contribution is 0.354. The number of hydrogen-bond acceptors (Lipinski definition) is 4. The van der Waals surface area contributed by atoms with Crippen molar-refractivity contribution < 1.29 is 9.47 Å². The molecule has 1 aromatic carbocycles. The fourth-order valence-electron chi connectivity index (χ4n) is 2.47. The average molecular weight is 348 g/mol. The zero-order valence-electron chi connectivity index (χ0n) is 14.8. The smallest absolute Gasteiger partial charge is 0.170 e. The summed E-state index contributed by atoms with van der Waals surface area (Å²) in [5.41, 5.74) is 4.09. The van der Waals surface area contributed by atoms with Crippen molar-refractivity contribution in [2.75, 3.05) is 26.1 Å². The van der Waals surface area contributed by atoms with Gasteiger partial charge in [-0.3, -0.25) is 4.68 Å². The average Bonchev–Trinajstić information content (AvgIpc) is 2.81. The Labute approximate surface area is 148 Å². The molecular formula is C17H24N4O2S. The predicted molar refractivity (Wildman–Crippen MR) is 100 cm³/mol. The van der Waals surface area contributed by atoms with E-state index in [0.29, 0.717) is 5.11 Å². The third-order valence-corrected chi connectivity index (χ3v) is 4.14. The Kier molecular flexibility index (Phi) is 6.03. The third kappa shape index (κ3) is 4.17. The molecule has 6 nitrogen and oxygen atoms in total. The zero-order chi connectivity index (χ0) is 17.7. The Morgan fingerprint density at radius 3 is 2.50 bits per heavy atom. The summed E-state index contributed by atoms with van der Waals surface area (Å²) in [6, 6.07) is 5.91. The van der Waals surface area contributed by atoms with E-state index in [1.54, 1.807) is 14.2 Å². The number of nitrogens with zero attached hydrogens (tertiary/aromatic N) is 2. The highest BCUT2D eigenvalue weighted by Crippen LogP contribution is 2.27. The summed E-state index contributed by atoms with van der Waals surface area (Å²) in [6.07, 6.45) is 0.827. The van der Waals surface area contributed by atoms with Gasteiger partial charge in [-0.25, -0.2) is 0 Å². The topological polar surface area (TPSA) is 60.3 Å². The standard InChI is InChI=1S/C17H24N4O2S/c1-11-16(12(2)21(3)20-11)19-17(24)18-9-8-13-6-7-14(22-4)15(10-13)23-5/h6-7,10H,8-9H2,1-5H3,(H2,18,19,24). The molecule has 0 atom stereocenters. The molecule has 0 saturated heterocycles. The molecule has 7 heteroatoms. The number of rotatable bonds is 6. The first-order chi connectivity index (χ1) is 11.5. The molecule has 0 unspecified atom stereocenters. The number of methoxy groups -OCH3 is 2. The summed E-state index contributed by atoms with van der Waals surface area (Å²) in [5.74, 6) is 1.46. The highest BCUT2D eigenvalue weighted by atomic mass is 32.1. The summed E-state index contributed by atoms with van der Waals surface area (Å²) in [6.45, 7) is 4.69. The second kappa shape index (κ2) is 8.01. The quantitative estimate of drug-likeness (QED) is 0.783. The van der Waals surface area contributed by atoms with Crippen LogP contribution in [0.2, 0.25) is 0 Å². The number of hydrogen-bond donors (Lipinski definition) is 2. The van der Waals surface area contributed by atoms with Gasteiger partial charge in [-0.2, -0.15) is 5.10 Å². The zero-order valence-corrected chi connectivity index (χ0v) is 15.6. The molecule has 0 radical (unpaired) electrons. The van der Waals surface area contributed by atoms with Crippen molar-refractivity contribution in [2.45, 2.75) is 20.3 Å². The van der Waals surface area contributed by atoms with Crippen molar-refractivity contribution in [2.24, 2.45) is 7.05 Å². The lowest BCUT2D eigenvalue weighted by Gasteiger charge is -2.12. The lowest BCUT2D eigenvalue weighted by Crippen LogP contribution is -2.30. The molecule has 1 aromatic heterocycles. The minimum Gasteiger partial charge on any atom is -0.493 e. The van der Waals surface area contributed by atoms with Crippen LogP contribution in [0.5, 0.6) is 11.5 Å². The number of aryl methyl sites for hydroxylation is 2. The highest BCUT2D eigenvalue weighted by molar-refractivity contribution is 7.80. The Bertz CT molecular complexity index is 728. The van der Waals surface area contributed by atoms with E-state index in [9.17, 15) is 0 Å². The molecule has 0 aliphatic rings. The van der Waals surface area contributed by atoms with E-state index in [4.69, 9.17) is 21.7 Å². The van der Waals surface area contributed by atoms with Gasteiger partial charge < -0.3 is 20.1 Å². The maximum absolute atomic E-state index is 5.36. The SMILES string of the molecule is COc1ccc(CCNC(=S)Nc2c(C)nn(C)c2C)cc1OC. The van der Waals surface area contributed by atoms with Crippen molar-refractivity contribution >= 4 is 23.0 Å². The molecule has 2 aromatic rings. The van der Waals surface area contributed by atoms with Gasteiger partial charge in [0.15, 0.2) is 16.6 Å². The third-order valence-electron chi connectivity index (χ3n) is 3.89. The minimum atomic E-state index is 0.592. The summed E-state index contributed by atoms with van der Waals surface area (Å²) in [4.78, 5) is 0. The van der Waals surface area contributed by atoms with Gasteiger partial charge in [0.25, 0.3) is 0 Å². The molecular weight excluding hydrogens is 324 g/mol. The predicted octanol–water partition coefficient (Wildman–Crippen LogP) is 2.58. The fourth-order valence-corrected chi connectivity index (χ4v) is 2.67. The molecule has 0 aliphatic carbocycles. The Morgan fingerprint density at radius 2 is 1.92 bits per heavy atom. The largest absolute Gasteiger partial charge is 0.493 e. The first-order valence-electron chi connectivity index (χ1n) is 7.72. The van der Waals surface area contributed by atoms with Crippen molar-refractivity contribution in [3.8, 4) is 11.5 Å². The van der Waals surface area contributed by atoms with Gasteiger partial charge in [0.05, 0.1) is 31.3 Å². The van der Waals surface area contributed by atoms with E-state index in [1.807, 2.05) is 43.8 Å². The Morgan fingerprint density at radius 1 is 1.21 bits per heavy atom. The van der Waals surface area contributed by atoms with E-state index in [1.165, 1.54) is 0 Å². The molecule has 0 bridgehead atoms. The summed E-state index contributed by atoms with van der Waals surface area (Å²) in [7, 11) is 5.18. The van der Waals surface area contributed by atoms with Crippen LogP contribution in [0.3, 0.4) is 0 Å². The lowest BCUT2D eigenvalue weighted by atomic mass is 10.1. The van der Waals surface area contributed by atoms with Crippen LogP contribution in [-0.4, -0.2) is 35.7 Å². The van der Waals surface area contributed by atoms with Crippen LogP contribution in [0.1, 0.15) is 17.0 Å². The van der Waals surface area contributed by atoms with Crippen LogP contribution in [0, 0.1) is 13.8 Å². The number of benzene rings is 1. The number of nitrogens with one attached hydrogen (secondary N) is 2. The van der Waals surface area contributed by atoms with Crippen molar-refractivity contribution in [3.05, 3.63) is 35.2 Å². The second-order valence-corrected chi connectivity index (χ2v) is 5.90. The van der Waals surface area contributed by atoms with Crippen LogP contribution in [0.25, 0.3) is 0 Å². The maximum atomic E-state index is 5.36. The van der Waals surface area contributed by atoms with Gasteiger partial charge >= 0.3 is 0 Å². The molecule has 0 fully saturated rings. The Hall–Kier alpha value is -2.28. The van der Waals surface area contributed by atoms with E-state index in [-0.39, 0.29) is 0 Å². The van der Waals surface area contributed by atoms with E-state index in [0.717, 1.165) is 47.1 Å². The van der Waals surface area contributed by atoms with Crippen molar-refractivity contribution in [1.29, 1.82) is 0 Å². The van der Waals surface area contributed by atoms with Crippen LogP contribution in [0.15, 0.2) is 18.2 Å². The minimum absolute atomic E-state index is 0.592. The van der Waals surface area contributed by atoms with Gasteiger partial charge in [-0.05, 0) is 50.2 Å². The number of thiocarbonyl (C=S) groups is 1. The monoisotopic (exact) mass is 348 g/mol. The van der Waals surface area contributed by atoms with Gasteiger partial charge in [-0.1, -0.05) is 6.07 Å². The molecule has 24 heavy (non-hydrogen) atoms. The van der Waals surface area contributed by atoms with Gasteiger partial charge in [-0.15, -0.1) is 0 Å². The molecule has 1 heterocycles. The van der Waals surface area contributed by atoms with Crippen molar-refractivity contribution in [3.63, 3.8) is 0 Å². The van der Waals surface area contributed by atoms with Gasteiger partial charge in [0.2, 0.25) is 0 Å². The van der Waals surface area contributed by atoms with Crippen LogP contribution in [0.4, 0.5) is 5.69 Å². The second-order valence-electron chi connectivity index (χ2n) is 5.49. The van der Waals surface area contributed by atoms with E-state index in [2.05, 4.69) is 15.7 Å². The number of aromatic nitrogens is 2. The first-order valence-corrected chi connectivity index (χ1v) is 8.13. The van der Waals surface area contributed by atoms with Crippen molar-refractivity contribution in [1.82, 2.24) is 15.1 Å². The molecule has 130 valence electrons. The first kappa shape index (κ1) is 18.1. The maximum Gasteiger partial charge on any atom is 0.170 e. The molecule has 0 saturated carbocycles. The normalized spacial score (nSPS) is 10.4. The van der Waals surface area contributed by atoms with Gasteiger partial charge in [0, 0.05) is 13.6 Å². The fraction of sp³-hybridized carbons (Fsp3) is 0.412. The summed E-state index contributed by atoms with van der Waals surface area (Å²) >= 11 is 5.36. The van der Waals surface area contributed by atoms with Gasteiger partial charge in [0.1, 0.15) is 0 Å².